The van der Waals surface area contributed by atoms with Crippen LogP contribution in [0.1, 0.15) is 18.4 Å². The number of hydrogen-bond donors (Lipinski definition) is 0. The normalized spacial score (nSPS) is 16.6. The number of fused-ring (bicyclic) bond motifs is 1. The molecule has 0 bridgehead atoms. The molecule has 1 saturated heterocycles. The lowest BCUT2D eigenvalue weighted by molar-refractivity contribution is -0.152. The van der Waals surface area contributed by atoms with E-state index in [1.165, 1.54) is 0 Å². The first-order valence-electron chi connectivity index (χ1n) is 7.08. The number of para-hydroxylation sites is 1. The highest BCUT2D eigenvalue weighted by molar-refractivity contribution is 5.99. The summed E-state index contributed by atoms with van der Waals surface area (Å²) in [7, 11) is 0. The lowest BCUT2D eigenvalue weighted by atomic mass is 10.1. The molecular weight excluding hydrogens is 286 g/mol. The van der Waals surface area contributed by atoms with E-state index in [2.05, 4.69) is 0 Å². The molecule has 0 aliphatic carbocycles. The highest BCUT2D eigenvalue weighted by atomic mass is 16.5. The number of nitrogens with zero attached hydrogens (tertiary/aromatic N) is 1. The summed E-state index contributed by atoms with van der Waals surface area (Å²) in [6, 6.07) is 7.34. The Morgan fingerprint density at radius 1 is 1.27 bits per heavy atom. The van der Waals surface area contributed by atoms with Crippen molar-refractivity contribution in [3.05, 3.63) is 35.4 Å². The molecule has 3 rings (SSSR count). The van der Waals surface area contributed by atoms with Gasteiger partial charge in [-0.2, -0.15) is 0 Å². The smallest absolute Gasteiger partial charge is 0.338 e. The molecule has 1 fully saturated rings. The van der Waals surface area contributed by atoms with Crippen molar-refractivity contribution in [3.63, 3.8) is 0 Å². The van der Waals surface area contributed by atoms with Gasteiger partial charge in [-0.3, -0.25) is 14.5 Å². The van der Waals surface area contributed by atoms with Crippen LogP contribution < -0.4 is 4.74 Å². The van der Waals surface area contributed by atoms with Gasteiger partial charge in [-0.05, 0) is 18.6 Å². The van der Waals surface area contributed by atoms with Crippen LogP contribution in [0.3, 0.4) is 0 Å². The molecule has 0 saturated carbocycles. The Morgan fingerprint density at radius 3 is 2.86 bits per heavy atom. The Morgan fingerprint density at radius 2 is 2.09 bits per heavy atom. The number of carbonyl (C=O) groups is 3. The number of likely N-dealkylation sites (tertiary alicyclic amines) is 1. The molecule has 0 spiro atoms. The monoisotopic (exact) mass is 301 g/mol. The van der Waals surface area contributed by atoms with E-state index < -0.39 is 18.5 Å². The number of ether oxygens (including phenoxy) is 2. The maximum absolute atomic E-state index is 12.0. The van der Waals surface area contributed by atoms with Crippen molar-refractivity contribution >= 4 is 23.9 Å². The van der Waals surface area contributed by atoms with Gasteiger partial charge in [-0.15, -0.1) is 0 Å². The van der Waals surface area contributed by atoms with Crippen molar-refractivity contribution in [2.75, 3.05) is 19.8 Å². The lowest BCUT2D eigenvalue weighted by Crippen LogP contribution is -2.35. The topological polar surface area (TPSA) is 72.9 Å². The van der Waals surface area contributed by atoms with Crippen LogP contribution in [0.2, 0.25) is 0 Å². The second-order valence-corrected chi connectivity index (χ2v) is 5.11. The molecule has 2 heterocycles. The molecule has 0 N–H and O–H groups in total. The number of amides is 2. The molecule has 6 heteroatoms. The van der Waals surface area contributed by atoms with Gasteiger partial charge in [0.25, 0.3) is 5.91 Å². The Kier molecular flexibility index (Phi) is 3.91. The third kappa shape index (κ3) is 2.86. The second-order valence-electron chi connectivity index (χ2n) is 5.11. The van der Waals surface area contributed by atoms with Gasteiger partial charge >= 0.3 is 5.97 Å². The summed E-state index contributed by atoms with van der Waals surface area (Å²) in [5.74, 6) is -0.587. The molecule has 1 aromatic carbocycles. The van der Waals surface area contributed by atoms with Crippen molar-refractivity contribution in [2.45, 2.75) is 12.8 Å². The fourth-order valence-corrected chi connectivity index (χ4v) is 2.44. The molecule has 22 heavy (non-hydrogen) atoms. The molecule has 2 amide bonds. The third-order valence-electron chi connectivity index (χ3n) is 3.60. The summed E-state index contributed by atoms with van der Waals surface area (Å²) >= 11 is 0. The predicted molar refractivity (Wildman–Crippen MR) is 76.8 cm³/mol. The average molecular weight is 301 g/mol. The van der Waals surface area contributed by atoms with E-state index in [1.54, 1.807) is 6.08 Å². The first-order valence-corrected chi connectivity index (χ1v) is 7.08. The van der Waals surface area contributed by atoms with Crippen LogP contribution in [-0.2, 0) is 19.1 Å². The molecule has 114 valence electrons. The van der Waals surface area contributed by atoms with Crippen LogP contribution >= 0.6 is 0 Å². The number of esters is 1. The maximum Gasteiger partial charge on any atom is 0.338 e. The third-order valence-corrected chi connectivity index (χ3v) is 3.60. The summed E-state index contributed by atoms with van der Waals surface area (Å²) in [6.45, 7) is 0.0740. The number of hydrogen-bond acceptors (Lipinski definition) is 5. The number of rotatable bonds is 3. The van der Waals surface area contributed by atoms with Crippen LogP contribution in [0.25, 0.3) is 6.08 Å². The number of imide groups is 1. The zero-order chi connectivity index (χ0) is 15.5. The van der Waals surface area contributed by atoms with Crippen LogP contribution in [0.5, 0.6) is 5.75 Å². The second kappa shape index (κ2) is 6.01. The molecule has 2 aliphatic rings. The van der Waals surface area contributed by atoms with E-state index in [9.17, 15) is 14.4 Å². The predicted octanol–water partition coefficient (Wildman–Crippen LogP) is 1.15. The van der Waals surface area contributed by atoms with Crippen LogP contribution in [0.15, 0.2) is 29.8 Å². The van der Waals surface area contributed by atoms with Gasteiger partial charge in [0.15, 0.2) is 6.61 Å². The molecule has 6 nitrogen and oxygen atoms in total. The van der Waals surface area contributed by atoms with Crippen LogP contribution in [-0.4, -0.2) is 42.4 Å². The minimum absolute atomic E-state index is 0.104. The largest absolute Gasteiger partial charge is 0.488 e. The lowest BCUT2D eigenvalue weighted by Gasteiger charge is -2.17. The highest BCUT2D eigenvalue weighted by Gasteiger charge is 2.27. The number of benzene rings is 1. The van der Waals surface area contributed by atoms with Crippen molar-refractivity contribution in [2.24, 2.45) is 0 Å². The average Bonchev–Trinajstić information content (AvgIpc) is 2.98. The summed E-state index contributed by atoms with van der Waals surface area (Å²) in [5.41, 5.74) is 1.14. The molecule has 0 atom stereocenters. The van der Waals surface area contributed by atoms with Gasteiger partial charge in [0.2, 0.25) is 5.91 Å². The SMILES string of the molecule is O=C(OCC(=O)N1CCCC1=O)C1=Cc2ccccc2OC1. The van der Waals surface area contributed by atoms with Gasteiger partial charge in [0.1, 0.15) is 12.4 Å². The van der Waals surface area contributed by atoms with E-state index in [0.717, 1.165) is 10.5 Å². The Hall–Kier alpha value is -2.63. The highest BCUT2D eigenvalue weighted by Crippen LogP contribution is 2.26. The summed E-state index contributed by atoms with van der Waals surface area (Å²) < 4.78 is 10.5. The van der Waals surface area contributed by atoms with E-state index in [-0.39, 0.29) is 12.5 Å². The van der Waals surface area contributed by atoms with Gasteiger partial charge in [0.05, 0.1) is 5.57 Å². The first-order chi connectivity index (χ1) is 10.6. The van der Waals surface area contributed by atoms with E-state index in [4.69, 9.17) is 9.47 Å². The van der Waals surface area contributed by atoms with Crippen molar-refractivity contribution in [1.29, 1.82) is 0 Å². The summed E-state index contributed by atoms with van der Waals surface area (Å²) in [6.07, 6.45) is 2.72. The summed E-state index contributed by atoms with van der Waals surface area (Å²) in [5, 5.41) is 0. The van der Waals surface area contributed by atoms with Crippen LogP contribution in [0, 0.1) is 0 Å². The van der Waals surface area contributed by atoms with Gasteiger partial charge in [-0.1, -0.05) is 18.2 Å². The molecule has 0 unspecified atom stereocenters. The minimum atomic E-state index is -0.602. The van der Waals surface area contributed by atoms with Gasteiger partial charge in [0, 0.05) is 18.5 Å². The van der Waals surface area contributed by atoms with E-state index >= 15 is 0 Å². The van der Waals surface area contributed by atoms with Crippen molar-refractivity contribution < 1.29 is 23.9 Å². The van der Waals surface area contributed by atoms with Gasteiger partial charge in [-0.25, -0.2) is 4.79 Å². The van der Waals surface area contributed by atoms with Crippen molar-refractivity contribution in [3.8, 4) is 5.75 Å². The quantitative estimate of drug-likeness (QED) is 0.783. The zero-order valence-electron chi connectivity index (χ0n) is 11.9. The van der Waals surface area contributed by atoms with Gasteiger partial charge < -0.3 is 9.47 Å². The van der Waals surface area contributed by atoms with E-state index in [0.29, 0.717) is 30.7 Å². The first kappa shape index (κ1) is 14.3. The molecule has 0 aromatic heterocycles. The fourth-order valence-electron chi connectivity index (χ4n) is 2.44. The van der Waals surface area contributed by atoms with E-state index in [1.807, 2.05) is 24.3 Å². The number of carbonyl (C=O) groups excluding carboxylic acids is 3. The molecular formula is C16H15NO5. The molecule has 2 aliphatic heterocycles. The zero-order valence-corrected chi connectivity index (χ0v) is 11.9. The Balaban J connectivity index is 1.60. The summed E-state index contributed by atoms with van der Waals surface area (Å²) in [4.78, 5) is 36.4. The Labute approximate surface area is 127 Å². The minimum Gasteiger partial charge on any atom is -0.488 e. The van der Waals surface area contributed by atoms with Crippen molar-refractivity contribution in [1.82, 2.24) is 4.90 Å². The molecule has 1 aromatic rings. The fraction of sp³-hybridized carbons (Fsp3) is 0.312. The standard InChI is InChI=1S/C16H15NO5/c18-14-6-3-7-17(14)15(19)10-22-16(20)12-8-11-4-1-2-5-13(11)21-9-12/h1-2,4-5,8H,3,6-7,9-10H2. The molecule has 0 radical (unpaired) electrons. The van der Waals surface area contributed by atoms with Crippen LogP contribution in [0.4, 0.5) is 0 Å². The Bertz CT molecular complexity index is 664. The maximum atomic E-state index is 12.0.